The van der Waals surface area contributed by atoms with Crippen LogP contribution in [0, 0.1) is 0 Å². The third-order valence-corrected chi connectivity index (χ3v) is 4.31. The van der Waals surface area contributed by atoms with Crippen molar-refractivity contribution in [1.29, 1.82) is 0 Å². The van der Waals surface area contributed by atoms with Crippen molar-refractivity contribution in [3.63, 3.8) is 0 Å². The number of rotatable bonds is 1. The van der Waals surface area contributed by atoms with Crippen LogP contribution in [0.15, 0.2) is 0 Å². The molecule has 2 aliphatic rings. The highest BCUT2D eigenvalue weighted by atomic mass is 16.2. The van der Waals surface area contributed by atoms with Gasteiger partial charge in [0, 0.05) is 13.1 Å². The highest BCUT2D eigenvalue weighted by Gasteiger charge is 2.38. The van der Waals surface area contributed by atoms with Crippen molar-refractivity contribution >= 4 is 5.91 Å². The van der Waals surface area contributed by atoms with E-state index in [4.69, 9.17) is 5.73 Å². The summed E-state index contributed by atoms with van der Waals surface area (Å²) in [5, 5.41) is 0. The van der Waals surface area contributed by atoms with Crippen LogP contribution in [0.4, 0.5) is 0 Å². The number of nitrogens with zero attached hydrogens (tertiary/aromatic N) is 1. The number of likely N-dealkylation sites (tertiary alicyclic amines) is 1. The van der Waals surface area contributed by atoms with Gasteiger partial charge in [0.2, 0.25) is 5.91 Å². The Morgan fingerprint density at radius 2 is 1.29 bits per heavy atom. The molecule has 2 fully saturated rings. The van der Waals surface area contributed by atoms with E-state index >= 15 is 0 Å². The maximum atomic E-state index is 12.5. The minimum absolute atomic E-state index is 0.235. The lowest BCUT2D eigenvalue weighted by Gasteiger charge is -2.37. The van der Waals surface area contributed by atoms with Gasteiger partial charge in [0.1, 0.15) is 0 Å². The summed E-state index contributed by atoms with van der Waals surface area (Å²) in [4.78, 5) is 14.6. The lowest BCUT2D eigenvalue weighted by atomic mass is 9.81. The van der Waals surface area contributed by atoms with Gasteiger partial charge in [-0.05, 0) is 25.7 Å². The first-order chi connectivity index (χ1) is 8.22. The predicted molar refractivity (Wildman–Crippen MR) is 69.7 cm³/mol. The van der Waals surface area contributed by atoms with Crippen LogP contribution in [0.25, 0.3) is 0 Å². The maximum absolute atomic E-state index is 12.5. The van der Waals surface area contributed by atoms with E-state index in [2.05, 4.69) is 0 Å². The van der Waals surface area contributed by atoms with Gasteiger partial charge in [-0.1, -0.05) is 38.5 Å². The van der Waals surface area contributed by atoms with Gasteiger partial charge in [-0.2, -0.15) is 0 Å². The largest absolute Gasteiger partial charge is 0.341 e. The zero-order valence-corrected chi connectivity index (χ0v) is 10.9. The van der Waals surface area contributed by atoms with Crippen molar-refractivity contribution in [2.45, 2.75) is 69.7 Å². The van der Waals surface area contributed by atoms with E-state index in [0.29, 0.717) is 0 Å². The van der Waals surface area contributed by atoms with Crippen molar-refractivity contribution in [1.82, 2.24) is 4.90 Å². The molecule has 0 spiro atoms. The summed E-state index contributed by atoms with van der Waals surface area (Å²) < 4.78 is 0. The van der Waals surface area contributed by atoms with Crippen molar-refractivity contribution in [2.24, 2.45) is 5.73 Å². The fourth-order valence-electron chi connectivity index (χ4n) is 3.16. The molecule has 1 aliphatic heterocycles. The number of carbonyl (C=O) groups excluding carboxylic acids is 1. The van der Waals surface area contributed by atoms with Crippen LogP contribution in [0.2, 0.25) is 0 Å². The highest BCUT2D eigenvalue weighted by Crippen LogP contribution is 2.28. The minimum Gasteiger partial charge on any atom is -0.341 e. The average molecular weight is 238 g/mol. The van der Waals surface area contributed by atoms with Gasteiger partial charge >= 0.3 is 0 Å². The Balaban J connectivity index is 1.96. The van der Waals surface area contributed by atoms with Gasteiger partial charge in [-0.15, -0.1) is 0 Å². The van der Waals surface area contributed by atoms with E-state index in [1.54, 1.807) is 0 Å². The molecule has 0 bridgehead atoms. The molecule has 0 atom stereocenters. The topological polar surface area (TPSA) is 46.3 Å². The first kappa shape index (κ1) is 12.9. The molecule has 0 aromatic heterocycles. The molecule has 1 amide bonds. The molecule has 17 heavy (non-hydrogen) atoms. The van der Waals surface area contributed by atoms with Crippen molar-refractivity contribution in [3.8, 4) is 0 Å². The number of hydrogen-bond acceptors (Lipinski definition) is 2. The summed E-state index contributed by atoms with van der Waals surface area (Å²) in [7, 11) is 0. The SMILES string of the molecule is NC1(C(=O)N2CCCCCCC2)CCCCC1. The molecule has 98 valence electrons. The molecule has 2 rings (SSSR count). The first-order valence-corrected chi connectivity index (χ1v) is 7.31. The van der Waals surface area contributed by atoms with E-state index < -0.39 is 5.54 Å². The Hall–Kier alpha value is -0.570. The maximum Gasteiger partial charge on any atom is 0.242 e. The lowest BCUT2D eigenvalue weighted by molar-refractivity contribution is -0.138. The fourth-order valence-corrected chi connectivity index (χ4v) is 3.16. The smallest absolute Gasteiger partial charge is 0.242 e. The van der Waals surface area contributed by atoms with Crippen molar-refractivity contribution < 1.29 is 4.79 Å². The molecule has 1 saturated carbocycles. The van der Waals surface area contributed by atoms with E-state index in [9.17, 15) is 4.79 Å². The number of hydrogen-bond donors (Lipinski definition) is 1. The molecule has 3 nitrogen and oxygen atoms in total. The van der Waals surface area contributed by atoms with E-state index in [1.165, 1.54) is 25.7 Å². The Bertz CT molecular complexity index is 251. The Morgan fingerprint density at radius 3 is 1.88 bits per heavy atom. The van der Waals surface area contributed by atoms with Crippen LogP contribution in [0.3, 0.4) is 0 Å². The summed E-state index contributed by atoms with van der Waals surface area (Å²) in [6, 6.07) is 0. The summed E-state index contributed by atoms with van der Waals surface area (Å²) >= 11 is 0. The molecular weight excluding hydrogens is 212 g/mol. The Morgan fingerprint density at radius 1 is 0.824 bits per heavy atom. The quantitative estimate of drug-likeness (QED) is 0.762. The van der Waals surface area contributed by atoms with Gasteiger partial charge in [-0.3, -0.25) is 4.79 Å². The second-order valence-electron chi connectivity index (χ2n) is 5.78. The third kappa shape index (κ3) is 3.21. The highest BCUT2D eigenvalue weighted by molar-refractivity contribution is 5.86. The van der Waals surface area contributed by atoms with Crippen molar-refractivity contribution in [2.75, 3.05) is 13.1 Å². The minimum atomic E-state index is -0.530. The zero-order valence-electron chi connectivity index (χ0n) is 10.9. The van der Waals surface area contributed by atoms with E-state index in [-0.39, 0.29) is 5.91 Å². The Labute approximate surface area is 105 Å². The second-order valence-corrected chi connectivity index (χ2v) is 5.78. The van der Waals surface area contributed by atoms with Crippen LogP contribution < -0.4 is 5.73 Å². The summed E-state index contributed by atoms with van der Waals surface area (Å²) in [5.41, 5.74) is 5.80. The molecule has 0 aromatic carbocycles. The standard InChI is InChI=1S/C14H26N2O/c15-14(9-5-4-6-10-14)13(17)16-11-7-2-1-3-8-12-16/h1-12,15H2. The predicted octanol–water partition coefficient (Wildman–Crippen LogP) is 2.44. The molecule has 3 heteroatoms. The number of carbonyl (C=O) groups is 1. The average Bonchev–Trinajstić information content (AvgIpc) is 2.29. The van der Waals surface area contributed by atoms with E-state index in [0.717, 1.165) is 51.6 Å². The van der Waals surface area contributed by atoms with Gasteiger partial charge < -0.3 is 10.6 Å². The van der Waals surface area contributed by atoms with Crippen LogP contribution >= 0.6 is 0 Å². The van der Waals surface area contributed by atoms with Crippen LogP contribution in [0.5, 0.6) is 0 Å². The second kappa shape index (κ2) is 5.85. The molecule has 1 saturated heterocycles. The molecule has 1 heterocycles. The first-order valence-electron chi connectivity index (χ1n) is 7.31. The third-order valence-electron chi connectivity index (χ3n) is 4.31. The van der Waals surface area contributed by atoms with Crippen LogP contribution in [0.1, 0.15) is 64.2 Å². The molecule has 0 radical (unpaired) electrons. The van der Waals surface area contributed by atoms with Crippen molar-refractivity contribution in [3.05, 3.63) is 0 Å². The summed E-state index contributed by atoms with van der Waals surface area (Å²) in [5.74, 6) is 0.235. The monoisotopic (exact) mass is 238 g/mol. The van der Waals surface area contributed by atoms with Crippen LogP contribution in [-0.2, 0) is 4.79 Å². The fraction of sp³-hybridized carbons (Fsp3) is 0.929. The summed E-state index contributed by atoms with van der Waals surface area (Å²) in [6.07, 6.45) is 11.4. The normalized spacial score (nSPS) is 26.1. The van der Waals surface area contributed by atoms with Gasteiger partial charge in [0.25, 0.3) is 0 Å². The lowest BCUT2D eigenvalue weighted by Crippen LogP contribution is -2.56. The molecule has 1 aliphatic carbocycles. The molecule has 0 aromatic rings. The number of amides is 1. The van der Waals surface area contributed by atoms with Crippen LogP contribution in [-0.4, -0.2) is 29.4 Å². The molecule has 2 N–H and O–H groups in total. The van der Waals surface area contributed by atoms with Gasteiger partial charge in [-0.25, -0.2) is 0 Å². The van der Waals surface area contributed by atoms with Gasteiger partial charge in [0.05, 0.1) is 5.54 Å². The van der Waals surface area contributed by atoms with E-state index in [1.807, 2.05) is 4.90 Å². The number of nitrogens with two attached hydrogens (primary N) is 1. The molecule has 0 unspecified atom stereocenters. The molecular formula is C14H26N2O. The summed E-state index contributed by atoms with van der Waals surface area (Å²) in [6.45, 7) is 1.86. The van der Waals surface area contributed by atoms with Gasteiger partial charge in [0.15, 0.2) is 0 Å². The zero-order chi connectivity index (χ0) is 12.1. The Kier molecular flexibility index (Phi) is 4.43.